The smallest absolute Gasteiger partial charge is 0.126 e. The molecule has 1 rings (SSSR count). The summed E-state index contributed by atoms with van der Waals surface area (Å²) in [5.74, 6) is 0. The molecule has 1 heterocycles. The minimum Gasteiger partial charge on any atom is -0.396 e. The Hall–Kier alpha value is 0.0969. The maximum absolute atomic E-state index is 8.80. The molecular formula is C7H17NO2Si. The van der Waals surface area contributed by atoms with Crippen LogP contribution in [0, 0.1) is 0 Å². The van der Waals surface area contributed by atoms with Gasteiger partial charge in [0.2, 0.25) is 0 Å². The standard InChI is InChI=1S/C7H17NO2Si/c8-11-7(4-5-9)3-1-2-6-10-7/h9H,1-6,8,11H2. The van der Waals surface area contributed by atoms with Gasteiger partial charge in [-0.05, 0) is 25.7 Å². The van der Waals surface area contributed by atoms with E-state index in [4.69, 9.17) is 15.2 Å². The zero-order valence-electron chi connectivity index (χ0n) is 6.88. The highest BCUT2D eigenvalue weighted by Gasteiger charge is 2.31. The fourth-order valence-corrected chi connectivity index (χ4v) is 2.65. The van der Waals surface area contributed by atoms with Gasteiger partial charge in [0.1, 0.15) is 9.68 Å². The van der Waals surface area contributed by atoms with Crippen LogP contribution in [0.15, 0.2) is 0 Å². The fraction of sp³-hybridized carbons (Fsp3) is 1.00. The number of ether oxygens (including phenoxy) is 1. The van der Waals surface area contributed by atoms with Crippen molar-refractivity contribution in [1.29, 1.82) is 0 Å². The summed E-state index contributed by atoms with van der Waals surface area (Å²) in [6.07, 6.45) is 4.18. The van der Waals surface area contributed by atoms with Crippen molar-refractivity contribution in [3.63, 3.8) is 0 Å². The number of hydrogen-bond donors (Lipinski definition) is 2. The van der Waals surface area contributed by atoms with E-state index in [9.17, 15) is 0 Å². The summed E-state index contributed by atoms with van der Waals surface area (Å²) >= 11 is 0. The van der Waals surface area contributed by atoms with Crippen LogP contribution in [0.3, 0.4) is 0 Å². The second kappa shape index (κ2) is 4.20. The highest BCUT2D eigenvalue weighted by atomic mass is 28.2. The lowest BCUT2D eigenvalue weighted by atomic mass is 10.1. The Bertz CT molecular complexity index is 109. The summed E-state index contributed by atoms with van der Waals surface area (Å²) in [5.41, 5.74) is 0. The van der Waals surface area contributed by atoms with E-state index in [2.05, 4.69) is 0 Å². The third-order valence-corrected chi connectivity index (χ3v) is 4.03. The van der Waals surface area contributed by atoms with E-state index >= 15 is 0 Å². The van der Waals surface area contributed by atoms with E-state index in [1.54, 1.807) is 0 Å². The highest BCUT2D eigenvalue weighted by Crippen LogP contribution is 2.25. The molecule has 1 fully saturated rings. The summed E-state index contributed by atoms with van der Waals surface area (Å²) < 4.78 is 5.63. The molecule has 0 spiro atoms. The molecule has 0 bridgehead atoms. The highest BCUT2D eigenvalue weighted by molar-refractivity contribution is 6.35. The average molecular weight is 175 g/mol. The molecule has 1 aliphatic heterocycles. The lowest BCUT2D eigenvalue weighted by Gasteiger charge is -2.35. The number of rotatable bonds is 3. The molecule has 0 aromatic rings. The Kier molecular flexibility index (Phi) is 3.51. The maximum Gasteiger partial charge on any atom is 0.126 e. The van der Waals surface area contributed by atoms with Crippen molar-refractivity contribution in [2.75, 3.05) is 13.2 Å². The summed E-state index contributed by atoms with van der Waals surface area (Å²) in [6, 6.07) is 0. The molecule has 1 aliphatic rings. The molecule has 0 aromatic carbocycles. The molecule has 3 nitrogen and oxygen atoms in total. The van der Waals surface area contributed by atoms with Gasteiger partial charge in [-0.3, -0.25) is 0 Å². The molecule has 1 saturated heterocycles. The lowest BCUT2D eigenvalue weighted by Crippen LogP contribution is -2.47. The van der Waals surface area contributed by atoms with Crippen LogP contribution < -0.4 is 5.40 Å². The van der Waals surface area contributed by atoms with Gasteiger partial charge in [-0.1, -0.05) is 0 Å². The van der Waals surface area contributed by atoms with Gasteiger partial charge >= 0.3 is 0 Å². The van der Waals surface area contributed by atoms with Crippen molar-refractivity contribution in [3.05, 3.63) is 0 Å². The van der Waals surface area contributed by atoms with Gasteiger partial charge in [0.05, 0.1) is 5.22 Å². The Morgan fingerprint density at radius 1 is 1.55 bits per heavy atom. The first kappa shape index (κ1) is 9.19. The van der Waals surface area contributed by atoms with Gasteiger partial charge in [0.25, 0.3) is 0 Å². The fourth-order valence-electron chi connectivity index (χ4n) is 1.57. The molecule has 11 heavy (non-hydrogen) atoms. The molecule has 1 atom stereocenters. The van der Waals surface area contributed by atoms with Crippen LogP contribution in [0.2, 0.25) is 0 Å². The number of aliphatic hydroxyl groups excluding tert-OH is 1. The molecule has 4 heteroatoms. The largest absolute Gasteiger partial charge is 0.396 e. The number of aliphatic hydroxyl groups is 1. The van der Waals surface area contributed by atoms with E-state index in [0.29, 0.717) is 0 Å². The Labute approximate surface area is 69.8 Å². The first-order valence-electron chi connectivity index (χ1n) is 4.28. The Morgan fingerprint density at radius 2 is 2.36 bits per heavy atom. The van der Waals surface area contributed by atoms with Crippen molar-refractivity contribution >= 4 is 9.68 Å². The van der Waals surface area contributed by atoms with E-state index in [1.165, 1.54) is 6.42 Å². The predicted molar refractivity (Wildman–Crippen MR) is 47.0 cm³/mol. The Balaban J connectivity index is 2.42. The van der Waals surface area contributed by atoms with Gasteiger partial charge in [0.15, 0.2) is 0 Å². The molecule has 1 unspecified atom stereocenters. The molecule has 0 aromatic heterocycles. The van der Waals surface area contributed by atoms with E-state index in [-0.39, 0.29) is 11.8 Å². The van der Waals surface area contributed by atoms with Crippen molar-refractivity contribution < 1.29 is 9.84 Å². The van der Waals surface area contributed by atoms with Crippen LogP contribution in [-0.4, -0.2) is 33.2 Å². The first-order valence-corrected chi connectivity index (χ1v) is 5.80. The summed E-state index contributed by atoms with van der Waals surface area (Å²) in [7, 11) is -0.632. The van der Waals surface area contributed by atoms with Crippen LogP contribution in [0.5, 0.6) is 0 Å². The van der Waals surface area contributed by atoms with Crippen LogP contribution in [0.4, 0.5) is 0 Å². The topological polar surface area (TPSA) is 55.5 Å². The predicted octanol–water partition coefficient (Wildman–Crippen LogP) is -0.692. The monoisotopic (exact) mass is 175 g/mol. The lowest BCUT2D eigenvalue weighted by molar-refractivity contribution is -0.0336. The zero-order valence-corrected chi connectivity index (χ0v) is 8.30. The summed E-state index contributed by atoms with van der Waals surface area (Å²) in [6.45, 7) is 1.05. The van der Waals surface area contributed by atoms with Crippen LogP contribution in [-0.2, 0) is 4.74 Å². The summed E-state index contributed by atoms with van der Waals surface area (Å²) in [5, 5.41) is 14.5. The van der Waals surface area contributed by atoms with Crippen LogP contribution in [0.1, 0.15) is 25.7 Å². The average Bonchev–Trinajstić information content (AvgIpc) is 2.07. The second-order valence-electron chi connectivity index (χ2n) is 3.17. The number of hydrogen-bond acceptors (Lipinski definition) is 3. The zero-order chi connectivity index (χ0) is 8.16. The normalized spacial score (nSPS) is 33.3. The number of nitrogens with two attached hydrogens (primary N) is 1. The summed E-state index contributed by atoms with van der Waals surface area (Å²) in [4.78, 5) is 0. The molecular weight excluding hydrogens is 158 g/mol. The maximum atomic E-state index is 8.80. The van der Waals surface area contributed by atoms with Gasteiger partial charge in [-0.15, -0.1) is 0 Å². The molecule has 0 aliphatic carbocycles. The third-order valence-electron chi connectivity index (χ3n) is 2.37. The molecule has 3 N–H and O–H groups in total. The second-order valence-corrected chi connectivity index (χ2v) is 4.86. The van der Waals surface area contributed by atoms with Gasteiger partial charge in [-0.25, -0.2) is 0 Å². The van der Waals surface area contributed by atoms with Crippen molar-refractivity contribution in [1.82, 2.24) is 0 Å². The molecule has 0 amide bonds. The van der Waals surface area contributed by atoms with E-state index in [1.807, 2.05) is 0 Å². The minimum absolute atomic E-state index is 0.0625. The van der Waals surface area contributed by atoms with E-state index in [0.717, 1.165) is 25.9 Å². The van der Waals surface area contributed by atoms with Gasteiger partial charge < -0.3 is 15.2 Å². The van der Waals surface area contributed by atoms with Crippen molar-refractivity contribution in [2.45, 2.75) is 30.9 Å². The van der Waals surface area contributed by atoms with Gasteiger partial charge in [0, 0.05) is 13.2 Å². The first-order chi connectivity index (χ1) is 5.33. The van der Waals surface area contributed by atoms with Gasteiger partial charge in [-0.2, -0.15) is 0 Å². The van der Waals surface area contributed by atoms with Crippen LogP contribution in [0.25, 0.3) is 0 Å². The SMILES string of the molecule is N[SiH2]C1(CCO)CCCCO1. The van der Waals surface area contributed by atoms with Crippen LogP contribution >= 0.6 is 0 Å². The molecule has 66 valence electrons. The van der Waals surface area contributed by atoms with Crippen molar-refractivity contribution in [2.24, 2.45) is 5.40 Å². The van der Waals surface area contributed by atoms with Crippen molar-refractivity contribution in [3.8, 4) is 0 Å². The molecule has 0 saturated carbocycles. The van der Waals surface area contributed by atoms with E-state index < -0.39 is 9.68 Å². The quantitative estimate of drug-likeness (QED) is 0.558. The molecule has 0 radical (unpaired) electrons. The Morgan fingerprint density at radius 3 is 2.82 bits per heavy atom. The minimum atomic E-state index is -0.632. The third kappa shape index (κ3) is 2.26.